The van der Waals surface area contributed by atoms with Gasteiger partial charge < -0.3 is 14.4 Å². The monoisotopic (exact) mass is 295 g/mol. The van der Waals surface area contributed by atoms with Gasteiger partial charge in [-0.15, -0.1) is 0 Å². The van der Waals surface area contributed by atoms with Crippen LogP contribution >= 0.6 is 11.6 Å². The third kappa shape index (κ3) is 3.10. The van der Waals surface area contributed by atoms with Crippen molar-refractivity contribution in [1.29, 1.82) is 0 Å². The first-order chi connectivity index (χ1) is 9.71. The highest BCUT2D eigenvalue weighted by molar-refractivity contribution is 6.32. The molecule has 0 bridgehead atoms. The van der Waals surface area contributed by atoms with Crippen molar-refractivity contribution < 1.29 is 9.84 Å². The zero-order valence-corrected chi connectivity index (χ0v) is 12.9. The Bertz CT molecular complexity index is 577. The third-order valence-electron chi connectivity index (χ3n) is 3.59. The molecule has 110 valence electrons. The molecule has 1 aromatic heterocycles. The second kappa shape index (κ2) is 7.00. The quantitative estimate of drug-likeness (QED) is 0.837. The summed E-state index contributed by atoms with van der Waals surface area (Å²) in [6, 6.07) is 3.99. The van der Waals surface area contributed by atoms with Crippen LogP contribution in [0.2, 0.25) is 5.02 Å². The van der Waals surface area contributed by atoms with Gasteiger partial charge in [-0.1, -0.05) is 24.9 Å². The van der Waals surface area contributed by atoms with Gasteiger partial charge in [0.2, 0.25) is 0 Å². The fraction of sp³-hybridized carbons (Fsp3) is 0.500. The molecule has 1 N–H and O–H groups in total. The predicted octanol–water partition coefficient (Wildman–Crippen LogP) is 4.03. The van der Waals surface area contributed by atoms with Crippen molar-refractivity contribution >= 4 is 22.5 Å². The molecule has 2 aromatic rings. The van der Waals surface area contributed by atoms with E-state index in [0.717, 1.165) is 37.7 Å². The summed E-state index contributed by atoms with van der Waals surface area (Å²) < 4.78 is 7.57. The van der Waals surface area contributed by atoms with Crippen LogP contribution in [-0.2, 0) is 13.0 Å². The highest BCUT2D eigenvalue weighted by Crippen LogP contribution is 2.33. The minimum atomic E-state index is 0.215. The summed E-state index contributed by atoms with van der Waals surface area (Å²) in [5.74, 6) is 0.706. The number of rotatable bonds is 7. The van der Waals surface area contributed by atoms with E-state index in [-0.39, 0.29) is 6.61 Å². The summed E-state index contributed by atoms with van der Waals surface area (Å²) in [7, 11) is 1.63. The fourth-order valence-corrected chi connectivity index (χ4v) is 2.74. The molecule has 0 aliphatic rings. The third-order valence-corrected chi connectivity index (χ3v) is 3.89. The van der Waals surface area contributed by atoms with Crippen molar-refractivity contribution in [2.75, 3.05) is 13.7 Å². The first-order valence-electron chi connectivity index (χ1n) is 7.17. The number of methoxy groups -OCH3 is 1. The van der Waals surface area contributed by atoms with Gasteiger partial charge in [0.05, 0.1) is 17.6 Å². The summed E-state index contributed by atoms with van der Waals surface area (Å²) in [6.45, 7) is 3.40. The van der Waals surface area contributed by atoms with E-state index >= 15 is 0 Å². The summed E-state index contributed by atoms with van der Waals surface area (Å²) in [5.41, 5.74) is 2.40. The van der Waals surface area contributed by atoms with E-state index in [1.165, 1.54) is 10.9 Å². The highest BCUT2D eigenvalue weighted by Gasteiger charge is 2.12. The van der Waals surface area contributed by atoms with Gasteiger partial charge in [0.15, 0.2) is 0 Å². The predicted molar refractivity (Wildman–Crippen MR) is 83.8 cm³/mol. The Morgan fingerprint density at radius 2 is 2.10 bits per heavy atom. The molecule has 3 nitrogen and oxygen atoms in total. The molecule has 0 fully saturated rings. The topological polar surface area (TPSA) is 34.4 Å². The Morgan fingerprint density at radius 1 is 1.30 bits per heavy atom. The van der Waals surface area contributed by atoms with Crippen LogP contribution in [0.25, 0.3) is 10.9 Å². The van der Waals surface area contributed by atoms with E-state index in [1.807, 2.05) is 12.1 Å². The molecule has 0 saturated carbocycles. The molecule has 0 saturated heterocycles. The van der Waals surface area contributed by atoms with Crippen LogP contribution in [0.3, 0.4) is 0 Å². The van der Waals surface area contributed by atoms with E-state index in [1.54, 1.807) is 7.11 Å². The van der Waals surface area contributed by atoms with Crippen molar-refractivity contribution in [2.24, 2.45) is 0 Å². The average molecular weight is 296 g/mol. The first kappa shape index (κ1) is 15.2. The number of aliphatic hydroxyl groups excluding tert-OH is 1. The van der Waals surface area contributed by atoms with Gasteiger partial charge in [-0.2, -0.15) is 0 Å². The van der Waals surface area contributed by atoms with Crippen LogP contribution in [-0.4, -0.2) is 23.4 Å². The number of nitrogens with zero attached hydrogens (tertiary/aromatic N) is 1. The summed E-state index contributed by atoms with van der Waals surface area (Å²) in [4.78, 5) is 0. The minimum absolute atomic E-state index is 0.215. The summed E-state index contributed by atoms with van der Waals surface area (Å²) >= 11 is 6.24. The number of halogens is 1. The van der Waals surface area contributed by atoms with Crippen molar-refractivity contribution in [3.05, 3.63) is 28.9 Å². The van der Waals surface area contributed by atoms with Crippen LogP contribution in [0, 0.1) is 0 Å². The molecule has 0 radical (unpaired) electrons. The van der Waals surface area contributed by atoms with Crippen molar-refractivity contribution in [2.45, 2.75) is 39.2 Å². The maximum absolute atomic E-state index is 9.04. The second-order valence-electron chi connectivity index (χ2n) is 5.03. The van der Waals surface area contributed by atoms with Gasteiger partial charge in [-0.25, -0.2) is 0 Å². The molecule has 1 heterocycles. The fourth-order valence-electron chi connectivity index (χ4n) is 2.50. The Kier molecular flexibility index (Phi) is 5.32. The maximum atomic E-state index is 9.04. The van der Waals surface area contributed by atoms with Crippen LogP contribution < -0.4 is 4.74 Å². The lowest BCUT2D eigenvalue weighted by molar-refractivity contribution is 0.288. The molecule has 0 atom stereocenters. The van der Waals surface area contributed by atoms with Gasteiger partial charge in [0, 0.05) is 24.7 Å². The van der Waals surface area contributed by atoms with Gasteiger partial charge >= 0.3 is 0 Å². The molecule has 4 heteroatoms. The van der Waals surface area contributed by atoms with E-state index < -0.39 is 0 Å². The van der Waals surface area contributed by atoms with Crippen molar-refractivity contribution in [1.82, 2.24) is 4.57 Å². The van der Waals surface area contributed by atoms with Crippen LogP contribution in [0.5, 0.6) is 5.75 Å². The van der Waals surface area contributed by atoms with E-state index in [0.29, 0.717) is 10.8 Å². The van der Waals surface area contributed by atoms with Crippen LogP contribution in [0.15, 0.2) is 18.3 Å². The molecule has 2 rings (SSSR count). The van der Waals surface area contributed by atoms with Crippen LogP contribution in [0.4, 0.5) is 0 Å². The number of aryl methyl sites for hydroxylation is 2. The number of aliphatic hydroxyl groups is 1. The standard InChI is InChI=1S/C16H22ClNO2/c1-3-4-7-18-11-12(6-5-8-19)13-9-16(20-2)14(17)10-15(13)18/h9-11,19H,3-8H2,1-2H3. The lowest BCUT2D eigenvalue weighted by atomic mass is 10.1. The van der Waals surface area contributed by atoms with E-state index in [9.17, 15) is 0 Å². The van der Waals surface area contributed by atoms with Gasteiger partial charge in [-0.05, 0) is 37.0 Å². The molecule has 0 amide bonds. The summed E-state index contributed by atoms with van der Waals surface area (Å²) in [5, 5.41) is 10.9. The Morgan fingerprint density at radius 3 is 2.75 bits per heavy atom. The van der Waals surface area contributed by atoms with Crippen LogP contribution in [0.1, 0.15) is 31.7 Å². The number of ether oxygens (including phenoxy) is 1. The number of fused-ring (bicyclic) bond motifs is 1. The molecule has 0 aliphatic carbocycles. The largest absolute Gasteiger partial charge is 0.495 e. The van der Waals surface area contributed by atoms with Gasteiger partial charge in [-0.3, -0.25) is 0 Å². The highest BCUT2D eigenvalue weighted by atomic mass is 35.5. The second-order valence-corrected chi connectivity index (χ2v) is 5.44. The Balaban J connectivity index is 2.48. The molecule has 20 heavy (non-hydrogen) atoms. The van der Waals surface area contributed by atoms with E-state index in [4.69, 9.17) is 21.4 Å². The molecule has 1 aromatic carbocycles. The maximum Gasteiger partial charge on any atom is 0.138 e. The molecular formula is C16H22ClNO2. The number of aromatic nitrogens is 1. The number of hydrogen-bond donors (Lipinski definition) is 1. The normalized spacial score (nSPS) is 11.2. The molecular weight excluding hydrogens is 274 g/mol. The zero-order valence-electron chi connectivity index (χ0n) is 12.2. The lowest BCUT2D eigenvalue weighted by Crippen LogP contribution is -1.95. The summed E-state index contributed by atoms with van der Waals surface area (Å²) in [6.07, 6.45) is 6.14. The molecule has 0 unspecified atom stereocenters. The lowest BCUT2D eigenvalue weighted by Gasteiger charge is -2.07. The zero-order chi connectivity index (χ0) is 14.5. The molecule has 0 aliphatic heterocycles. The Labute approximate surface area is 125 Å². The van der Waals surface area contributed by atoms with Crippen molar-refractivity contribution in [3.8, 4) is 5.75 Å². The average Bonchev–Trinajstić information content (AvgIpc) is 2.79. The Hall–Kier alpha value is -1.19. The number of benzene rings is 1. The number of unbranched alkanes of at least 4 members (excludes halogenated alkanes) is 1. The smallest absolute Gasteiger partial charge is 0.138 e. The van der Waals surface area contributed by atoms with E-state index in [2.05, 4.69) is 17.7 Å². The SMILES string of the molecule is CCCCn1cc(CCCO)c2cc(OC)c(Cl)cc21. The van der Waals surface area contributed by atoms with Crippen molar-refractivity contribution in [3.63, 3.8) is 0 Å². The number of hydrogen-bond acceptors (Lipinski definition) is 2. The van der Waals surface area contributed by atoms with Gasteiger partial charge in [0.1, 0.15) is 5.75 Å². The molecule has 0 spiro atoms. The van der Waals surface area contributed by atoms with Gasteiger partial charge in [0.25, 0.3) is 0 Å². The first-order valence-corrected chi connectivity index (χ1v) is 7.55. The minimum Gasteiger partial charge on any atom is -0.495 e.